The van der Waals surface area contributed by atoms with Gasteiger partial charge in [0.25, 0.3) is 5.91 Å². The van der Waals surface area contributed by atoms with Gasteiger partial charge in [0.2, 0.25) is 0 Å². The fourth-order valence-corrected chi connectivity index (χ4v) is 2.80. The van der Waals surface area contributed by atoms with Crippen molar-refractivity contribution in [3.8, 4) is 0 Å². The summed E-state index contributed by atoms with van der Waals surface area (Å²) in [4.78, 5) is 21.8. The molecule has 3 aromatic rings. The minimum atomic E-state index is -0.333. The second-order valence-electron chi connectivity index (χ2n) is 5.42. The van der Waals surface area contributed by atoms with E-state index in [1.165, 1.54) is 12.1 Å². The normalized spacial score (nSPS) is 11.9. The lowest BCUT2D eigenvalue weighted by atomic mass is 9.98. The third-order valence-corrected chi connectivity index (χ3v) is 3.93. The molecule has 0 saturated carbocycles. The Bertz CT molecular complexity index is 785. The molecular formula is C19H18FN3O. The summed E-state index contributed by atoms with van der Waals surface area (Å²) >= 11 is 0. The Balaban J connectivity index is 2.05. The van der Waals surface area contributed by atoms with Crippen molar-refractivity contribution in [1.82, 2.24) is 14.9 Å². The summed E-state index contributed by atoms with van der Waals surface area (Å²) in [7, 11) is 0. The lowest BCUT2D eigenvalue weighted by Crippen LogP contribution is -2.35. The molecule has 1 atom stereocenters. The first-order valence-corrected chi connectivity index (χ1v) is 7.80. The number of H-pyrrole nitrogens is 1. The van der Waals surface area contributed by atoms with E-state index in [-0.39, 0.29) is 17.8 Å². The third kappa shape index (κ3) is 3.20. The summed E-state index contributed by atoms with van der Waals surface area (Å²) in [6.07, 6.45) is 5.14. The Hall–Kier alpha value is -2.95. The van der Waals surface area contributed by atoms with E-state index in [0.29, 0.717) is 12.2 Å². The molecule has 3 rings (SSSR count). The van der Waals surface area contributed by atoms with Crippen molar-refractivity contribution >= 4 is 5.91 Å². The highest BCUT2D eigenvalue weighted by Gasteiger charge is 2.27. The number of nitrogens with one attached hydrogen (secondary N) is 1. The van der Waals surface area contributed by atoms with Crippen molar-refractivity contribution in [2.75, 3.05) is 6.54 Å². The van der Waals surface area contributed by atoms with Gasteiger partial charge in [0.15, 0.2) is 0 Å². The summed E-state index contributed by atoms with van der Waals surface area (Å²) < 4.78 is 13.3. The molecule has 2 aromatic heterocycles. The van der Waals surface area contributed by atoms with E-state index < -0.39 is 0 Å². The number of amides is 1. The number of halogens is 1. The van der Waals surface area contributed by atoms with Gasteiger partial charge in [-0.1, -0.05) is 18.2 Å². The monoisotopic (exact) mass is 323 g/mol. The van der Waals surface area contributed by atoms with Gasteiger partial charge >= 0.3 is 0 Å². The van der Waals surface area contributed by atoms with E-state index in [2.05, 4.69) is 9.97 Å². The topological polar surface area (TPSA) is 49.0 Å². The van der Waals surface area contributed by atoms with Crippen LogP contribution in [-0.2, 0) is 0 Å². The molecule has 0 radical (unpaired) electrons. The molecule has 1 amide bonds. The van der Waals surface area contributed by atoms with Gasteiger partial charge in [-0.2, -0.15) is 0 Å². The molecular weight excluding hydrogens is 305 g/mol. The van der Waals surface area contributed by atoms with Crippen LogP contribution in [0.1, 0.15) is 34.6 Å². The van der Waals surface area contributed by atoms with E-state index in [1.54, 1.807) is 47.8 Å². The molecule has 5 heteroatoms. The van der Waals surface area contributed by atoms with Gasteiger partial charge in [-0.15, -0.1) is 0 Å². The predicted molar refractivity (Wildman–Crippen MR) is 90.0 cm³/mol. The van der Waals surface area contributed by atoms with Crippen LogP contribution in [0.3, 0.4) is 0 Å². The molecule has 0 spiro atoms. The zero-order valence-electron chi connectivity index (χ0n) is 13.3. The summed E-state index contributed by atoms with van der Waals surface area (Å²) in [5, 5.41) is 0. The Morgan fingerprint density at radius 3 is 2.54 bits per heavy atom. The summed E-state index contributed by atoms with van der Waals surface area (Å²) in [6.45, 7) is 2.43. The maximum atomic E-state index is 13.3. The SMILES string of the molecule is CCN(C(=O)c1ccc[nH]1)[C@@H](c1ccc(F)cc1)c1cccnc1. The molecule has 0 unspecified atom stereocenters. The van der Waals surface area contributed by atoms with Crippen molar-refractivity contribution in [1.29, 1.82) is 0 Å². The number of hydrogen-bond donors (Lipinski definition) is 1. The van der Waals surface area contributed by atoms with Gasteiger partial charge in [-0.25, -0.2) is 4.39 Å². The maximum absolute atomic E-state index is 13.3. The van der Waals surface area contributed by atoms with Crippen molar-refractivity contribution in [3.05, 3.63) is 89.8 Å². The number of rotatable bonds is 5. The average Bonchev–Trinajstić information content (AvgIpc) is 3.15. The number of carbonyl (C=O) groups excluding carboxylic acids is 1. The van der Waals surface area contributed by atoms with E-state index in [4.69, 9.17) is 0 Å². The van der Waals surface area contributed by atoms with Crippen LogP contribution < -0.4 is 0 Å². The van der Waals surface area contributed by atoms with Crippen LogP contribution in [0.25, 0.3) is 0 Å². The average molecular weight is 323 g/mol. The fraction of sp³-hybridized carbons (Fsp3) is 0.158. The second kappa shape index (κ2) is 7.08. The van der Waals surface area contributed by atoms with Gasteiger partial charge in [-0.05, 0) is 48.4 Å². The Morgan fingerprint density at radius 2 is 1.96 bits per heavy atom. The Labute approximate surface area is 140 Å². The van der Waals surface area contributed by atoms with Crippen LogP contribution in [0.15, 0.2) is 67.1 Å². The molecule has 1 aromatic carbocycles. The van der Waals surface area contributed by atoms with Gasteiger partial charge in [0.1, 0.15) is 11.5 Å². The minimum absolute atomic E-state index is 0.110. The van der Waals surface area contributed by atoms with Gasteiger partial charge in [0.05, 0.1) is 6.04 Å². The molecule has 0 fully saturated rings. The van der Waals surface area contributed by atoms with Gasteiger partial charge in [0, 0.05) is 25.1 Å². The molecule has 122 valence electrons. The molecule has 4 nitrogen and oxygen atoms in total. The number of benzene rings is 1. The highest BCUT2D eigenvalue weighted by molar-refractivity contribution is 5.93. The number of carbonyl (C=O) groups is 1. The minimum Gasteiger partial charge on any atom is -0.357 e. The van der Waals surface area contributed by atoms with Crippen LogP contribution in [0.4, 0.5) is 4.39 Å². The Kier molecular flexibility index (Phi) is 4.70. The van der Waals surface area contributed by atoms with Gasteiger partial charge in [-0.3, -0.25) is 9.78 Å². The standard InChI is InChI=1S/C19H18FN3O/c1-2-23(19(24)17-6-4-12-22-17)18(15-5-3-11-21-13-15)14-7-9-16(20)10-8-14/h3-13,18,22H,2H2,1H3/t18-/m0/s1. The van der Waals surface area contributed by atoms with Crippen molar-refractivity contribution in [2.24, 2.45) is 0 Å². The van der Waals surface area contributed by atoms with E-state index in [9.17, 15) is 9.18 Å². The predicted octanol–water partition coefficient (Wildman–Crippen LogP) is 3.80. The molecule has 1 N–H and O–H groups in total. The largest absolute Gasteiger partial charge is 0.357 e. The third-order valence-electron chi connectivity index (χ3n) is 3.93. The van der Waals surface area contributed by atoms with Crippen LogP contribution in [0.5, 0.6) is 0 Å². The first-order valence-electron chi connectivity index (χ1n) is 7.80. The van der Waals surface area contributed by atoms with Crippen molar-refractivity contribution in [2.45, 2.75) is 13.0 Å². The van der Waals surface area contributed by atoms with Crippen LogP contribution in [0, 0.1) is 5.82 Å². The molecule has 0 aliphatic heterocycles. The van der Waals surface area contributed by atoms with Crippen LogP contribution in [0.2, 0.25) is 0 Å². The fourth-order valence-electron chi connectivity index (χ4n) is 2.80. The van der Waals surface area contributed by atoms with E-state index >= 15 is 0 Å². The summed E-state index contributed by atoms with van der Waals surface area (Å²) in [6, 6.07) is 13.2. The van der Waals surface area contributed by atoms with Crippen molar-refractivity contribution in [3.63, 3.8) is 0 Å². The highest BCUT2D eigenvalue weighted by Crippen LogP contribution is 2.29. The lowest BCUT2D eigenvalue weighted by molar-refractivity contribution is 0.0711. The Morgan fingerprint density at radius 1 is 1.17 bits per heavy atom. The second-order valence-corrected chi connectivity index (χ2v) is 5.42. The lowest BCUT2D eigenvalue weighted by Gasteiger charge is -2.31. The number of hydrogen-bond acceptors (Lipinski definition) is 2. The maximum Gasteiger partial charge on any atom is 0.271 e. The summed E-state index contributed by atoms with van der Waals surface area (Å²) in [5.74, 6) is -0.414. The zero-order chi connectivity index (χ0) is 16.9. The molecule has 0 saturated heterocycles. The van der Waals surface area contributed by atoms with E-state index in [1.807, 2.05) is 19.1 Å². The van der Waals surface area contributed by atoms with E-state index in [0.717, 1.165) is 11.1 Å². The van der Waals surface area contributed by atoms with Crippen LogP contribution >= 0.6 is 0 Å². The molecule has 24 heavy (non-hydrogen) atoms. The number of aromatic nitrogens is 2. The smallest absolute Gasteiger partial charge is 0.271 e. The van der Waals surface area contributed by atoms with Crippen molar-refractivity contribution < 1.29 is 9.18 Å². The molecule has 0 aliphatic rings. The van der Waals surface area contributed by atoms with Crippen LogP contribution in [-0.4, -0.2) is 27.3 Å². The first kappa shape index (κ1) is 15.9. The zero-order valence-corrected chi connectivity index (χ0v) is 13.3. The number of pyridine rings is 1. The quantitative estimate of drug-likeness (QED) is 0.776. The highest BCUT2D eigenvalue weighted by atomic mass is 19.1. The summed E-state index contributed by atoms with van der Waals surface area (Å²) in [5.41, 5.74) is 2.24. The number of nitrogens with zero attached hydrogens (tertiary/aromatic N) is 2. The molecule has 2 heterocycles. The molecule has 0 bridgehead atoms. The van der Waals surface area contributed by atoms with Gasteiger partial charge < -0.3 is 9.88 Å². The first-order chi connectivity index (χ1) is 11.7. The molecule has 0 aliphatic carbocycles. The number of aromatic amines is 1.